The van der Waals surface area contributed by atoms with Gasteiger partial charge in [-0.2, -0.15) is 0 Å². The Hall–Kier alpha value is -5.94. The van der Waals surface area contributed by atoms with Gasteiger partial charge in [0.2, 0.25) is 0 Å². The summed E-state index contributed by atoms with van der Waals surface area (Å²) in [4.78, 5) is 0. The highest BCUT2D eigenvalue weighted by atomic mass is 79.9. The van der Waals surface area contributed by atoms with Crippen LogP contribution in [0.1, 0.15) is 18.1 Å². The topological polar surface area (TPSA) is 27.7 Å². The summed E-state index contributed by atoms with van der Waals surface area (Å²) in [6, 6.07) is 17.6. The van der Waals surface area contributed by atoms with E-state index in [0.717, 1.165) is 33.4 Å². The van der Waals surface area contributed by atoms with Crippen LogP contribution in [0.5, 0.6) is 17.2 Å². The first-order valence-corrected chi connectivity index (χ1v) is 15.2. The average Bonchev–Trinajstić information content (AvgIpc) is 3.07. The molecule has 5 heteroatoms. The van der Waals surface area contributed by atoms with E-state index in [9.17, 15) is 0 Å². The summed E-state index contributed by atoms with van der Waals surface area (Å²) in [6.07, 6.45) is 15.5. The Morgan fingerprint density at radius 2 is 1.31 bits per heavy atom. The van der Waals surface area contributed by atoms with E-state index in [2.05, 4.69) is 139 Å². The molecule has 3 rings (SSSR count). The lowest BCUT2D eigenvalue weighted by Crippen LogP contribution is -1.99. The van der Waals surface area contributed by atoms with Crippen LogP contribution < -0.4 is 14.2 Å². The molecule has 0 atom stereocenters. The quantitative estimate of drug-likeness (QED) is 0.184. The summed E-state index contributed by atoms with van der Waals surface area (Å²) in [5, 5.41) is 1.22. The number of hydrogen-bond acceptors (Lipinski definition) is 3. The Morgan fingerprint density at radius 3 is 2.00 bits per heavy atom. The first kappa shape index (κ1) is 33.6. The van der Waals surface area contributed by atoms with Gasteiger partial charge in [0.05, 0.1) is 0 Å². The van der Waals surface area contributed by atoms with E-state index in [0.29, 0.717) is 27.9 Å². The highest BCUT2D eigenvalue weighted by molar-refractivity contribution is 9.08. The van der Waals surface area contributed by atoms with Crippen molar-refractivity contribution in [3.8, 4) is 147 Å². The zero-order chi connectivity index (χ0) is 32.1. The zero-order valence-corrected chi connectivity index (χ0v) is 27.1. The third-order valence-electron chi connectivity index (χ3n) is 5.52. The van der Waals surface area contributed by atoms with Crippen LogP contribution in [0, 0.1) is 108 Å². The standard InChI is InChI=1S/C40H20Br2O3/c1-4-7-10-11-12-13-14-17-23-43-35-20-18-19-33(28-35)36-26-32(30-41)27-37(38(36)31-42)34-21-22-39(44-24-15-8-5-2)40(29-34)45-25-16-9-6-3/h1-2,18-22,26-29H,24,30-31H2,3H3. The maximum Gasteiger partial charge on any atom is 0.182 e. The predicted molar refractivity (Wildman–Crippen MR) is 187 cm³/mol. The molecule has 0 heterocycles. The van der Waals surface area contributed by atoms with Crippen LogP contribution >= 0.6 is 31.9 Å². The van der Waals surface area contributed by atoms with Crippen molar-refractivity contribution in [2.45, 2.75) is 17.6 Å². The maximum absolute atomic E-state index is 5.80. The first-order chi connectivity index (χ1) is 22.1. The van der Waals surface area contributed by atoms with Crippen LogP contribution in [0.3, 0.4) is 0 Å². The molecule has 0 N–H and O–H groups in total. The summed E-state index contributed by atoms with van der Waals surface area (Å²) in [5.41, 5.74) is 6.00. The third-order valence-corrected chi connectivity index (χ3v) is 6.73. The van der Waals surface area contributed by atoms with Gasteiger partial charge in [0.25, 0.3) is 0 Å². The zero-order valence-electron chi connectivity index (χ0n) is 24.0. The van der Waals surface area contributed by atoms with E-state index in [-0.39, 0.29) is 6.61 Å². The highest BCUT2D eigenvalue weighted by Crippen LogP contribution is 2.40. The molecule has 0 aliphatic carbocycles. The Kier molecular flexibility index (Phi) is 14.4. The summed E-state index contributed by atoms with van der Waals surface area (Å²) >= 11 is 7.34. The van der Waals surface area contributed by atoms with E-state index < -0.39 is 0 Å². The molecule has 212 valence electrons. The molecule has 0 saturated heterocycles. The lowest BCUT2D eigenvalue weighted by Gasteiger charge is -2.17. The van der Waals surface area contributed by atoms with Crippen molar-refractivity contribution in [1.82, 2.24) is 0 Å². The summed E-state index contributed by atoms with van der Waals surface area (Å²) in [5.74, 6) is 36.9. The molecule has 3 aromatic carbocycles. The van der Waals surface area contributed by atoms with E-state index in [4.69, 9.17) is 27.1 Å². The Balaban J connectivity index is 2.02. The fourth-order valence-corrected chi connectivity index (χ4v) is 4.67. The second kappa shape index (κ2) is 19.3. The van der Waals surface area contributed by atoms with Crippen molar-refractivity contribution in [2.75, 3.05) is 6.61 Å². The summed E-state index contributed by atoms with van der Waals surface area (Å²) in [6.45, 7) is 1.80. The number of rotatable bonds is 8. The molecule has 0 aliphatic rings. The Bertz CT molecular complexity index is 2110. The SMILES string of the molecule is C#CC#CC#CC#CC#COc1cccc(-c2cc(CBr)cc(-c3ccc(OCC#CC#C)c(OC#CC#CC)c3)c2CBr)c1. The lowest BCUT2D eigenvalue weighted by molar-refractivity contribution is 0.350. The largest absolute Gasteiger partial charge is 0.477 e. The first-order valence-electron chi connectivity index (χ1n) is 12.9. The normalized spacial score (nSPS) is 8.20. The number of benzene rings is 3. The number of hydrogen-bond donors (Lipinski definition) is 0. The van der Waals surface area contributed by atoms with E-state index >= 15 is 0 Å². The minimum atomic E-state index is 0.101. The molecule has 3 aromatic rings. The Morgan fingerprint density at radius 1 is 0.644 bits per heavy atom. The molecule has 3 nitrogen and oxygen atoms in total. The Labute approximate surface area is 282 Å². The van der Waals surface area contributed by atoms with Crippen molar-refractivity contribution in [2.24, 2.45) is 0 Å². The molecule has 0 aromatic heterocycles. The van der Waals surface area contributed by atoms with Crippen LogP contribution in [-0.2, 0) is 10.7 Å². The molecular weight excluding hydrogens is 688 g/mol. The average molecular weight is 708 g/mol. The second-order valence-electron chi connectivity index (χ2n) is 8.29. The minimum absolute atomic E-state index is 0.101. The van der Waals surface area contributed by atoms with Gasteiger partial charge in [0.1, 0.15) is 24.6 Å². The van der Waals surface area contributed by atoms with Gasteiger partial charge in [-0.25, -0.2) is 0 Å². The fraction of sp³-hybridized carbons (Fsp3) is 0.100. The number of alkyl halides is 2. The van der Waals surface area contributed by atoms with Crippen LogP contribution in [-0.4, -0.2) is 6.61 Å². The van der Waals surface area contributed by atoms with Crippen molar-refractivity contribution in [3.05, 3.63) is 65.7 Å². The minimum Gasteiger partial charge on any atom is -0.477 e. The van der Waals surface area contributed by atoms with Gasteiger partial charge < -0.3 is 14.2 Å². The summed E-state index contributed by atoms with van der Waals surface area (Å²) < 4.78 is 17.2. The highest BCUT2D eigenvalue weighted by Gasteiger charge is 2.16. The number of terminal acetylenes is 2. The van der Waals surface area contributed by atoms with Crippen molar-refractivity contribution in [1.29, 1.82) is 0 Å². The van der Waals surface area contributed by atoms with Crippen LogP contribution in [0.4, 0.5) is 0 Å². The van der Waals surface area contributed by atoms with Crippen LogP contribution in [0.15, 0.2) is 54.6 Å². The molecule has 0 aliphatic heterocycles. The van der Waals surface area contributed by atoms with Gasteiger partial charge in [0.15, 0.2) is 11.5 Å². The van der Waals surface area contributed by atoms with E-state index in [1.54, 1.807) is 6.92 Å². The lowest BCUT2D eigenvalue weighted by atomic mass is 9.90. The number of ether oxygens (including phenoxy) is 3. The fourth-order valence-electron chi connectivity index (χ4n) is 3.74. The molecule has 45 heavy (non-hydrogen) atoms. The van der Waals surface area contributed by atoms with Crippen molar-refractivity contribution < 1.29 is 14.2 Å². The monoisotopic (exact) mass is 706 g/mol. The van der Waals surface area contributed by atoms with Crippen molar-refractivity contribution in [3.63, 3.8) is 0 Å². The molecular formula is C40H20Br2O3. The molecule has 0 spiro atoms. The molecule has 0 radical (unpaired) electrons. The van der Waals surface area contributed by atoms with Gasteiger partial charge in [-0.15, -0.1) is 12.8 Å². The van der Waals surface area contributed by atoms with Gasteiger partial charge in [-0.05, 0) is 124 Å². The van der Waals surface area contributed by atoms with Gasteiger partial charge in [-0.3, -0.25) is 0 Å². The molecule has 0 amide bonds. The van der Waals surface area contributed by atoms with Gasteiger partial charge >= 0.3 is 0 Å². The molecule has 0 saturated carbocycles. The predicted octanol–water partition coefficient (Wildman–Crippen LogP) is 7.17. The molecule has 0 bridgehead atoms. The number of halogens is 2. The summed E-state index contributed by atoms with van der Waals surface area (Å²) in [7, 11) is 0. The maximum atomic E-state index is 5.80. The van der Waals surface area contributed by atoms with Crippen LogP contribution in [0.2, 0.25) is 0 Å². The van der Waals surface area contributed by atoms with Gasteiger partial charge in [-0.1, -0.05) is 56.0 Å². The van der Waals surface area contributed by atoms with Crippen LogP contribution in [0.25, 0.3) is 22.3 Å². The van der Waals surface area contributed by atoms with E-state index in [1.165, 1.54) is 0 Å². The second-order valence-corrected chi connectivity index (χ2v) is 9.41. The smallest absolute Gasteiger partial charge is 0.182 e. The van der Waals surface area contributed by atoms with E-state index in [1.807, 2.05) is 42.5 Å². The van der Waals surface area contributed by atoms with Gasteiger partial charge in [0, 0.05) is 40.3 Å². The van der Waals surface area contributed by atoms with Crippen molar-refractivity contribution >= 4 is 31.9 Å². The molecule has 0 fully saturated rings. The molecule has 0 unspecified atom stereocenters. The third kappa shape index (κ3) is 10.7.